The summed E-state index contributed by atoms with van der Waals surface area (Å²) in [6, 6.07) is -0.870. The van der Waals surface area contributed by atoms with Crippen molar-refractivity contribution in [2.75, 3.05) is 45.3 Å². The molecule has 0 aromatic carbocycles. The summed E-state index contributed by atoms with van der Waals surface area (Å²) in [5.41, 5.74) is 7.41. The van der Waals surface area contributed by atoms with Gasteiger partial charge in [0.15, 0.2) is 0 Å². The molecule has 0 bridgehead atoms. The number of nitrogens with two attached hydrogens (primary N) is 1. The Morgan fingerprint density at radius 2 is 1.25 bits per heavy atom. The number of nitrogens with one attached hydrogen (secondary N) is 2. The molecule has 0 saturated carbocycles. The Labute approximate surface area is 261 Å². The number of hydrogen-bond acceptors (Lipinski definition) is 11. The van der Waals surface area contributed by atoms with Gasteiger partial charge in [0.25, 0.3) is 0 Å². The highest BCUT2D eigenvalue weighted by molar-refractivity contribution is 7.54. The van der Waals surface area contributed by atoms with Gasteiger partial charge in [-0.25, -0.2) is 9.97 Å². The van der Waals surface area contributed by atoms with Crippen LogP contribution in [0.3, 0.4) is 0 Å². The predicted molar refractivity (Wildman–Crippen MR) is 169 cm³/mol. The van der Waals surface area contributed by atoms with Gasteiger partial charge in [-0.1, -0.05) is 6.42 Å². The van der Waals surface area contributed by atoms with E-state index in [0.717, 1.165) is 29.5 Å². The number of carboxylic acid groups (broad SMARTS) is 1. The highest BCUT2D eigenvalue weighted by Crippen LogP contribution is 2.49. The summed E-state index contributed by atoms with van der Waals surface area (Å²) in [4.78, 5) is 29.2. The van der Waals surface area contributed by atoms with Crippen LogP contribution in [0.5, 0.6) is 0 Å². The van der Waals surface area contributed by atoms with Crippen LogP contribution in [0.15, 0.2) is 12.4 Å². The van der Waals surface area contributed by atoms with E-state index < -0.39 is 27.2 Å². The topological polar surface area (TPSA) is 195 Å². The number of aryl methyl sites for hydroxylation is 2. The fourth-order valence-electron chi connectivity index (χ4n) is 4.72. The number of nitrogens with zero attached hydrogens (tertiary/aromatic N) is 3. The SMILES string of the molecule is CCOP(=O)(CCCc1c[nH]c(CN(CCCCC(N)C(=O)O)Cc2nc(CCCP(=O)(OCC)OCC)c[nH]2)n1)OCC. The van der Waals surface area contributed by atoms with Crippen LogP contribution >= 0.6 is 15.2 Å². The Kier molecular flexibility index (Phi) is 17.6. The normalized spacial score (nSPS) is 13.1. The third-order valence-corrected chi connectivity index (χ3v) is 11.0. The number of aliphatic carboxylic acids is 1. The summed E-state index contributed by atoms with van der Waals surface area (Å²) >= 11 is 0. The van der Waals surface area contributed by atoms with Crippen LogP contribution in [-0.2, 0) is 58.0 Å². The average molecular weight is 663 g/mol. The van der Waals surface area contributed by atoms with Gasteiger partial charge in [-0.15, -0.1) is 0 Å². The number of unbranched alkanes of at least 4 members (excludes halogenated alkanes) is 1. The molecule has 2 rings (SSSR count). The van der Waals surface area contributed by atoms with Crippen LogP contribution in [0.25, 0.3) is 0 Å². The molecule has 1 atom stereocenters. The number of imidazole rings is 2. The Balaban J connectivity index is 1.98. The molecule has 2 aromatic heterocycles. The Morgan fingerprint density at radius 1 is 0.818 bits per heavy atom. The van der Waals surface area contributed by atoms with Crippen LogP contribution in [0.1, 0.15) is 82.8 Å². The maximum atomic E-state index is 12.7. The monoisotopic (exact) mass is 662 g/mol. The molecule has 5 N–H and O–H groups in total. The average Bonchev–Trinajstić information content (AvgIpc) is 3.60. The van der Waals surface area contributed by atoms with Gasteiger partial charge in [-0.3, -0.25) is 18.8 Å². The van der Waals surface area contributed by atoms with E-state index in [0.29, 0.717) is 96.9 Å². The molecular weight excluding hydrogens is 610 g/mol. The minimum absolute atomic E-state index is 0.330. The van der Waals surface area contributed by atoms with Gasteiger partial charge >= 0.3 is 21.2 Å². The van der Waals surface area contributed by atoms with Gasteiger partial charge in [0.05, 0.1) is 63.2 Å². The molecule has 0 aliphatic heterocycles. The van der Waals surface area contributed by atoms with Gasteiger partial charge in [-0.05, 0) is 72.8 Å². The lowest BCUT2D eigenvalue weighted by atomic mass is 10.1. The van der Waals surface area contributed by atoms with E-state index in [9.17, 15) is 13.9 Å². The minimum atomic E-state index is -3.09. The molecule has 44 heavy (non-hydrogen) atoms. The Bertz CT molecular complexity index is 1100. The van der Waals surface area contributed by atoms with E-state index in [1.54, 1.807) is 27.7 Å². The van der Waals surface area contributed by atoms with Crippen molar-refractivity contribution in [3.8, 4) is 0 Å². The number of carbonyl (C=O) groups is 1. The number of aromatic nitrogens is 4. The van der Waals surface area contributed by atoms with E-state index in [-0.39, 0.29) is 0 Å². The molecule has 2 heterocycles. The highest BCUT2D eigenvalue weighted by Gasteiger charge is 2.24. The first-order chi connectivity index (χ1) is 21.0. The smallest absolute Gasteiger partial charge is 0.330 e. The first-order valence-corrected chi connectivity index (χ1v) is 19.0. The summed E-state index contributed by atoms with van der Waals surface area (Å²) in [5.74, 6) is 0.578. The van der Waals surface area contributed by atoms with Crippen LogP contribution in [-0.4, -0.2) is 87.2 Å². The molecule has 0 spiro atoms. The fraction of sp³-hybridized carbons (Fsp3) is 0.750. The number of carboxylic acids is 1. The number of H-pyrrole nitrogens is 2. The van der Waals surface area contributed by atoms with Crippen LogP contribution in [0.2, 0.25) is 0 Å². The molecule has 0 saturated heterocycles. The van der Waals surface area contributed by atoms with Crippen molar-refractivity contribution in [3.63, 3.8) is 0 Å². The maximum absolute atomic E-state index is 12.7. The highest BCUT2D eigenvalue weighted by atomic mass is 31.2. The zero-order chi connectivity index (χ0) is 32.4. The molecule has 252 valence electrons. The standard InChI is InChI=1S/C28H52N6O8P2/c1-5-39-43(37,40-6-2)17-11-13-23-19-30-26(32-23)21-34(16-10-9-15-25(29)28(35)36)22-27-31-20-24(33-27)14-12-18-44(38,41-7-3)42-8-4/h19-20,25H,5-18,21-22,29H2,1-4H3,(H,30,32)(H,31,33)(H,35,36). The lowest BCUT2D eigenvalue weighted by molar-refractivity contribution is -0.138. The second-order valence-corrected chi connectivity index (χ2v) is 14.7. The molecule has 0 amide bonds. The summed E-state index contributed by atoms with van der Waals surface area (Å²) in [5, 5.41) is 9.08. The molecule has 0 radical (unpaired) electrons. The molecule has 1 unspecified atom stereocenters. The van der Waals surface area contributed by atoms with E-state index in [4.69, 9.17) is 38.9 Å². The van der Waals surface area contributed by atoms with E-state index in [1.165, 1.54) is 0 Å². The van der Waals surface area contributed by atoms with Gasteiger partial charge in [0, 0.05) is 12.4 Å². The lowest BCUT2D eigenvalue weighted by Crippen LogP contribution is -2.30. The first-order valence-electron chi connectivity index (χ1n) is 15.6. The Hall–Kier alpha value is -1.89. The quantitative estimate of drug-likeness (QED) is 0.0769. The molecule has 16 heteroatoms. The third kappa shape index (κ3) is 14.5. The number of rotatable bonds is 26. The van der Waals surface area contributed by atoms with Crippen molar-refractivity contribution in [1.29, 1.82) is 0 Å². The zero-order valence-corrected chi connectivity index (χ0v) is 28.5. The van der Waals surface area contributed by atoms with Crippen LogP contribution < -0.4 is 5.73 Å². The molecule has 0 aliphatic carbocycles. The van der Waals surface area contributed by atoms with Gasteiger partial charge in [0.1, 0.15) is 17.7 Å². The van der Waals surface area contributed by atoms with E-state index in [2.05, 4.69) is 14.9 Å². The minimum Gasteiger partial charge on any atom is -0.480 e. The van der Waals surface area contributed by atoms with Crippen molar-refractivity contribution in [2.24, 2.45) is 5.73 Å². The van der Waals surface area contributed by atoms with Gasteiger partial charge in [0.2, 0.25) is 0 Å². The van der Waals surface area contributed by atoms with Crippen molar-refractivity contribution in [3.05, 3.63) is 35.4 Å². The molecular formula is C28H52N6O8P2. The number of hydrogen-bond donors (Lipinski definition) is 4. The second-order valence-electron chi connectivity index (χ2n) is 10.4. The fourth-order valence-corrected chi connectivity index (χ4v) is 8.04. The lowest BCUT2D eigenvalue weighted by Gasteiger charge is -2.20. The van der Waals surface area contributed by atoms with Gasteiger partial charge < -0.3 is 38.9 Å². The van der Waals surface area contributed by atoms with Crippen molar-refractivity contribution < 1.29 is 37.1 Å². The van der Waals surface area contributed by atoms with Crippen molar-refractivity contribution >= 4 is 21.2 Å². The first kappa shape index (κ1) is 38.3. The number of aromatic amines is 2. The van der Waals surface area contributed by atoms with Crippen molar-refractivity contribution in [2.45, 2.75) is 91.8 Å². The molecule has 0 aliphatic rings. The predicted octanol–water partition coefficient (Wildman–Crippen LogP) is 5.11. The van der Waals surface area contributed by atoms with E-state index >= 15 is 0 Å². The largest absolute Gasteiger partial charge is 0.480 e. The Morgan fingerprint density at radius 3 is 1.64 bits per heavy atom. The van der Waals surface area contributed by atoms with Crippen LogP contribution in [0.4, 0.5) is 0 Å². The summed E-state index contributed by atoms with van der Waals surface area (Å²) < 4.78 is 47.0. The second kappa shape index (κ2) is 20.3. The summed E-state index contributed by atoms with van der Waals surface area (Å²) in [6.45, 7) is 10.3. The zero-order valence-electron chi connectivity index (χ0n) is 26.7. The molecule has 0 fully saturated rings. The summed E-state index contributed by atoms with van der Waals surface area (Å²) in [7, 11) is -6.18. The summed E-state index contributed by atoms with van der Waals surface area (Å²) in [6.07, 6.45) is 8.73. The third-order valence-electron chi connectivity index (χ3n) is 6.70. The van der Waals surface area contributed by atoms with Gasteiger partial charge in [-0.2, -0.15) is 0 Å². The van der Waals surface area contributed by atoms with E-state index in [1.807, 2.05) is 12.4 Å². The van der Waals surface area contributed by atoms with Crippen LogP contribution in [0, 0.1) is 0 Å². The molecule has 14 nitrogen and oxygen atoms in total. The van der Waals surface area contributed by atoms with Crippen molar-refractivity contribution in [1.82, 2.24) is 24.8 Å². The molecule has 2 aromatic rings. The maximum Gasteiger partial charge on any atom is 0.330 e.